The van der Waals surface area contributed by atoms with Gasteiger partial charge in [0.2, 0.25) is 0 Å². The topological polar surface area (TPSA) is 52.1 Å². The van der Waals surface area contributed by atoms with E-state index < -0.39 is 0 Å². The van der Waals surface area contributed by atoms with Crippen molar-refractivity contribution >= 4 is 28.8 Å². The third-order valence-corrected chi connectivity index (χ3v) is 3.94. The number of carbonyl (C=O) groups excluding carboxylic acids is 1. The minimum absolute atomic E-state index is 0.325. The van der Waals surface area contributed by atoms with E-state index >= 15 is 0 Å². The Balaban J connectivity index is 2.05. The Morgan fingerprint density at radius 1 is 1.50 bits per heavy atom. The Labute approximate surface area is 114 Å². The van der Waals surface area contributed by atoms with Crippen molar-refractivity contribution in [1.82, 2.24) is 9.59 Å². The average molecular weight is 282 g/mol. The molecular formula is C12H14N2O2S2. The summed E-state index contributed by atoms with van der Waals surface area (Å²) in [6, 6.07) is 3.85. The van der Waals surface area contributed by atoms with E-state index in [1.54, 1.807) is 0 Å². The van der Waals surface area contributed by atoms with Crippen LogP contribution in [-0.4, -0.2) is 22.2 Å². The van der Waals surface area contributed by atoms with Crippen LogP contribution in [0.25, 0.3) is 10.6 Å². The highest BCUT2D eigenvalue weighted by Crippen LogP contribution is 2.28. The number of rotatable bonds is 5. The Hall–Kier alpha value is -1.27. The molecule has 0 aliphatic heterocycles. The van der Waals surface area contributed by atoms with Gasteiger partial charge in [-0.1, -0.05) is 24.4 Å². The molecule has 2 heterocycles. The number of carbonyl (C=O) groups is 1. The van der Waals surface area contributed by atoms with Crippen LogP contribution in [0.15, 0.2) is 17.5 Å². The summed E-state index contributed by atoms with van der Waals surface area (Å²) < 4.78 is 9.07. The van der Waals surface area contributed by atoms with Crippen LogP contribution >= 0.6 is 22.9 Å². The van der Waals surface area contributed by atoms with E-state index in [0.717, 1.165) is 22.8 Å². The Kier molecular flexibility index (Phi) is 4.43. The highest BCUT2D eigenvalue weighted by atomic mass is 32.1. The fourth-order valence-corrected chi connectivity index (χ4v) is 2.71. The quantitative estimate of drug-likeness (QED) is 0.788. The van der Waals surface area contributed by atoms with Gasteiger partial charge in [0, 0.05) is 0 Å². The number of thiophene rings is 1. The van der Waals surface area contributed by atoms with Crippen molar-refractivity contribution in [3.63, 3.8) is 0 Å². The van der Waals surface area contributed by atoms with Crippen LogP contribution in [0.5, 0.6) is 0 Å². The van der Waals surface area contributed by atoms with Crippen LogP contribution in [0.2, 0.25) is 0 Å². The summed E-state index contributed by atoms with van der Waals surface area (Å²) in [5, 5.41) is 5.95. The summed E-state index contributed by atoms with van der Waals surface area (Å²) in [4.78, 5) is 13.3. The highest BCUT2D eigenvalue weighted by Gasteiger charge is 2.19. The van der Waals surface area contributed by atoms with E-state index in [0.29, 0.717) is 23.1 Å². The number of hydrogen-bond acceptors (Lipinski definition) is 6. The molecule has 6 heteroatoms. The molecule has 96 valence electrons. The third-order valence-electron chi connectivity index (χ3n) is 2.36. The molecule has 0 fully saturated rings. The van der Waals surface area contributed by atoms with Crippen molar-refractivity contribution in [2.75, 3.05) is 6.61 Å². The maximum absolute atomic E-state index is 11.9. The summed E-state index contributed by atoms with van der Waals surface area (Å²) in [5.41, 5.74) is 0.629. The molecule has 0 bridgehead atoms. The molecule has 0 aliphatic carbocycles. The van der Waals surface area contributed by atoms with Gasteiger partial charge in [0.15, 0.2) is 4.88 Å². The van der Waals surface area contributed by atoms with Crippen molar-refractivity contribution in [3.05, 3.63) is 22.4 Å². The zero-order valence-corrected chi connectivity index (χ0v) is 11.9. The highest BCUT2D eigenvalue weighted by molar-refractivity contribution is 7.14. The monoisotopic (exact) mass is 282 g/mol. The first-order chi connectivity index (χ1) is 8.68. The lowest BCUT2D eigenvalue weighted by Gasteiger charge is -2.05. The summed E-state index contributed by atoms with van der Waals surface area (Å²) in [6.07, 6.45) is 0.867. The molecule has 0 amide bonds. The van der Waals surface area contributed by atoms with Gasteiger partial charge in [0.05, 0.1) is 11.5 Å². The molecule has 0 saturated heterocycles. The second-order valence-corrected chi connectivity index (χ2v) is 5.95. The van der Waals surface area contributed by atoms with Gasteiger partial charge >= 0.3 is 5.97 Å². The largest absolute Gasteiger partial charge is 0.461 e. The second kappa shape index (κ2) is 6.06. The van der Waals surface area contributed by atoms with E-state index in [1.165, 1.54) is 11.3 Å². The van der Waals surface area contributed by atoms with E-state index in [-0.39, 0.29) is 5.97 Å². The first-order valence-electron chi connectivity index (χ1n) is 5.72. The summed E-state index contributed by atoms with van der Waals surface area (Å²) in [7, 11) is 0. The number of ether oxygens (including phenoxy) is 1. The summed E-state index contributed by atoms with van der Waals surface area (Å²) in [5.74, 6) is 0.197. The van der Waals surface area contributed by atoms with Gasteiger partial charge in [-0.15, -0.1) is 16.4 Å². The van der Waals surface area contributed by atoms with Crippen LogP contribution in [0.1, 0.15) is 29.9 Å². The van der Waals surface area contributed by atoms with Crippen molar-refractivity contribution in [2.24, 2.45) is 5.92 Å². The second-order valence-electron chi connectivity index (χ2n) is 4.25. The van der Waals surface area contributed by atoms with Gasteiger partial charge in [-0.25, -0.2) is 4.79 Å². The predicted octanol–water partition coefficient (Wildman–Crippen LogP) is 3.47. The fraction of sp³-hybridized carbons (Fsp3) is 0.417. The molecule has 18 heavy (non-hydrogen) atoms. The minimum atomic E-state index is -0.325. The van der Waals surface area contributed by atoms with E-state index in [1.807, 2.05) is 17.5 Å². The molecule has 2 rings (SSSR count). The SMILES string of the molecule is CC(C)CCOC(=O)c1snnc1-c1cccs1. The van der Waals surface area contributed by atoms with Gasteiger partial charge < -0.3 is 4.74 Å². The lowest BCUT2D eigenvalue weighted by molar-refractivity contribution is 0.0494. The van der Waals surface area contributed by atoms with Gasteiger partial charge in [0.25, 0.3) is 0 Å². The molecule has 0 spiro atoms. The van der Waals surface area contributed by atoms with E-state index in [2.05, 4.69) is 23.4 Å². The van der Waals surface area contributed by atoms with Crippen LogP contribution in [0, 0.1) is 5.92 Å². The molecule has 0 atom stereocenters. The first-order valence-corrected chi connectivity index (χ1v) is 7.37. The lowest BCUT2D eigenvalue weighted by Crippen LogP contribution is -2.07. The van der Waals surface area contributed by atoms with E-state index in [4.69, 9.17) is 4.74 Å². The average Bonchev–Trinajstić information content (AvgIpc) is 2.99. The van der Waals surface area contributed by atoms with E-state index in [9.17, 15) is 4.79 Å². The molecule has 2 aromatic heterocycles. The molecule has 0 aliphatic rings. The molecule has 0 N–H and O–H groups in total. The molecule has 2 aromatic rings. The first kappa shape index (κ1) is 13.2. The summed E-state index contributed by atoms with van der Waals surface area (Å²) in [6.45, 7) is 4.64. The van der Waals surface area contributed by atoms with Gasteiger partial charge in [-0.2, -0.15) is 0 Å². The molecular weight excluding hydrogens is 268 g/mol. The standard InChI is InChI=1S/C12H14N2O2S2/c1-8(2)5-6-16-12(15)11-10(13-14-18-11)9-4-3-7-17-9/h3-4,7-8H,5-6H2,1-2H3. The smallest absolute Gasteiger partial charge is 0.352 e. The zero-order valence-electron chi connectivity index (χ0n) is 10.3. The van der Waals surface area contributed by atoms with Gasteiger partial charge in [0.1, 0.15) is 5.69 Å². The van der Waals surface area contributed by atoms with Crippen molar-refractivity contribution in [3.8, 4) is 10.6 Å². The predicted molar refractivity (Wildman–Crippen MR) is 73.0 cm³/mol. The number of esters is 1. The van der Waals surface area contributed by atoms with Gasteiger partial charge in [-0.3, -0.25) is 0 Å². The molecule has 4 nitrogen and oxygen atoms in total. The van der Waals surface area contributed by atoms with Crippen LogP contribution in [0.4, 0.5) is 0 Å². The minimum Gasteiger partial charge on any atom is -0.461 e. The molecule has 0 unspecified atom stereocenters. The Bertz CT molecular complexity index is 506. The maximum atomic E-state index is 11.9. The summed E-state index contributed by atoms with van der Waals surface area (Å²) >= 11 is 2.62. The molecule has 0 radical (unpaired) electrons. The van der Waals surface area contributed by atoms with Crippen LogP contribution < -0.4 is 0 Å². The zero-order chi connectivity index (χ0) is 13.0. The van der Waals surface area contributed by atoms with Gasteiger partial charge in [-0.05, 0) is 35.3 Å². The molecule has 0 aromatic carbocycles. The van der Waals surface area contributed by atoms with Crippen molar-refractivity contribution in [2.45, 2.75) is 20.3 Å². The fourth-order valence-electron chi connectivity index (χ4n) is 1.35. The number of hydrogen-bond donors (Lipinski definition) is 0. The lowest BCUT2D eigenvalue weighted by atomic mass is 10.1. The Morgan fingerprint density at radius 2 is 2.33 bits per heavy atom. The Morgan fingerprint density at radius 3 is 3.00 bits per heavy atom. The number of aromatic nitrogens is 2. The molecule has 0 saturated carbocycles. The maximum Gasteiger partial charge on any atom is 0.352 e. The van der Waals surface area contributed by atoms with Crippen molar-refractivity contribution in [1.29, 1.82) is 0 Å². The normalized spacial score (nSPS) is 10.8. The van der Waals surface area contributed by atoms with Crippen LogP contribution in [0.3, 0.4) is 0 Å². The third kappa shape index (κ3) is 3.14. The van der Waals surface area contributed by atoms with Crippen LogP contribution in [-0.2, 0) is 4.74 Å². The number of nitrogens with zero attached hydrogens (tertiary/aromatic N) is 2. The van der Waals surface area contributed by atoms with Crippen molar-refractivity contribution < 1.29 is 9.53 Å².